The van der Waals surface area contributed by atoms with E-state index in [0.29, 0.717) is 34.5 Å². The van der Waals surface area contributed by atoms with Gasteiger partial charge in [-0.3, -0.25) is 4.79 Å². The van der Waals surface area contributed by atoms with Gasteiger partial charge >= 0.3 is 5.63 Å². The maximum atomic E-state index is 11.3. The van der Waals surface area contributed by atoms with Crippen molar-refractivity contribution in [3.8, 4) is 17.2 Å². The molecule has 6 nitrogen and oxygen atoms in total. The summed E-state index contributed by atoms with van der Waals surface area (Å²) in [4.78, 5) is 22.1. The Kier molecular flexibility index (Phi) is 3.13. The van der Waals surface area contributed by atoms with Crippen LogP contribution in [0.4, 0.5) is 0 Å². The van der Waals surface area contributed by atoms with Crippen molar-refractivity contribution in [3.63, 3.8) is 0 Å². The molecule has 2 heterocycles. The Bertz CT molecular complexity index is 789. The molecule has 0 radical (unpaired) electrons. The first-order chi connectivity index (χ1) is 10.1. The number of carbonyl (C=O) groups excluding carboxylic acids is 1. The standard InChI is InChI=1S/C15H12O6/c1-8(6-16)12-7-19-11-5-10-9(3-4-13(17)20-10)14(18-2)15(11)21-12/h3-6,12H,1,7H2,2H3. The SMILES string of the molecule is C=C(C=O)C1COc2cc3oc(=O)ccc3c(OC)c2O1. The molecule has 6 heteroatoms. The molecular weight excluding hydrogens is 276 g/mol. The van der Waals surface area contributed by atoms with E-state index in [1.54, 1.807) is 12.1 Å². The molecule has 1 atom stereocenters. The highest BCUT2D eigenvalue weighted by Crippen LogP contribution is 2.45. The monoisotopic (exact) mass is 288 g/mol. The molecule has 0 spiro atoms. The molecule has 0 aliphatic carbocycles. The quantitative estimate of drug-likeness (QED) is 0.486. The van der Waals surface area contributed by atoms with Crippen LogP contribution < -0.4 is 19.8 Å². The van der Waals surface area contributed by atoms with Gasteiger partial charge in [0.05, 0.1) is 12.5 Å². The number of hydrogen-bond acceptors (Lipinski definition) is 6. The van der Waals surface area contributed by atoms with Crippen LogP contribution in [0, 0.1) is 0 Å². The van der Waals surface area contributed by atoms with E-state index >= 15 is 0 Å². The molecule has 3 rings (SSSR count). The summed E-state index contributed by atoms with van der Waals surface area (Å²) in [5.74, 6) is 1.14. The molecule has 1 aromatic heterocycles. The molecule has 21 heavy (non-hydrogen) atoms. The van der Waals surface area contributed by atoms with Crippen LogP contribution in [-0.2, 0) is 4.79 Å². The number of methoxy groups -OCH3 is 1. The van der Waals surface area contributed by atoms with Crippen LogP contribution in [0.15, 0.2) is 39.6 Å². The maximum absolute atomic E-state index is 11.3. The Hall–Kier alpha value is -2.76. The minimum atomic E-state index is -0.572. The van der Waals surface area contributed by atoms with Crippen molar-refractivity contribution in [3.05, 3.63) is 40.8 Å². The van der Waals surface area contributed by atoms with Crippen LogP contribution in [0.2, 0.25) is 0 Å². The highest BCUT2D eigenvalue weighted by molar-refractivity contribution is 5.89. The van der Waals surface area contributed by atoms with Gasteiger partial charge in [0.15, 0.2) is 17.6 Å². The van der Waals surface area contributed by atoms with Gasteiger partial charge in [0.1, 0.15) is 18.5 Å². The summed E-state index contributed by atoms with van der Waals surface area (Å²) in [5.41, 5.74) is 0.158. The second-order valence-electron chi connectivity index (χ2n) is 4.51. The van der Waals surface area contributed by atoms with Crippen LogP contribution in [-0.4, -0.2) is 26.1 Å². The molecule has 0 fully saturated rings. The van der Waals surface area contributed by atoms with Crippen LogP contribution in [0.25, 0.3) is 11.0 Å². The van der Waals surface area contributed by atoms with Gasteiger partial charge in [-0.25, -0.2) is 4.79 Å². The third-order valence-corrected chi connectivity index (χ3v) is 3.22. The summed E-state index contributed by atoms with van der Waals surface area (Å²) in [6, 6.07) is 4.44. The topological polar surface area (TPSA) is 75.0 Å². The fourth-order valence-corrected chi connectivity index (χ4v) is 2.17. The van der Waals surface area contributed by atoms with Crippen LogP contribution in [0.5, 0.6) is 17.2 Å². The first kappa shape index (κ1) is 13.2. The molecule has 2 aromatic rings. The highest BCUT2D eigenvalue weighted by atomic mass is 16.6. The summed E-state index contributed by atoms with van der Waals surface area (Å²) in [5, 5.41) is 0.580. The third-order valence-electron chi connectivity index (χ3n) is 3.22. The zero-order valence-electron chi connectivity index (χ0n) is 11.3. The predicted molar refractivity (Wildman–Crippen MR) is 74.2 cm³/mol. The van der Waals surface area contributed by atoms with E-state index < -0.39 is 11.7 Å². The van der Waals surface area contributed by atoms with E-state index in [1.807, 2.05) is 0 Å². The lowest BCUT2D eigenvalue weighted by molar-refractivity contribution is -0.105. The zero-order chi connectivity index (χ0) is 15.0. The molecule has 0 saturated heterocycles. The lowest BCUT2D eigenvalue weighted by Crippen LogP contribution is -2.31. The van der Waals surface area contributed by atoms with Crippen molar-refractivity contribution in [2.75, 3.05) is 13.7 Å². The average Bonchev–Trinajstić information content (AvgIpc) is 2.51. The Morgan fingerprint density at radius 1 is 1.48 bits per heavy atom. The zero-order valence-corrected chi connectivity index (χ0v) is 11.3. The second-order valence-corrected chi connectivity index (χ2v) is 4.51. The maximum Gasteiger partial charge on any atom is 0.336 e. The number of benzene rings is 1. The van der Waals surface area contributed by atoms with E-state index in [4.69, 9.17) is 18.6 Å². The molecule has 0 amide bonds. The lowest BCUT2D eigenvalue weighted by atomic mass is 10.1. The summed E-state index contributed by atoms with van der Waals surface area (Å²) < 4.78 is 21.8. The molecule has 1 unspecified atom stereocenters. The molecule has 0 saturated carbocycles. The first-order valence-corrected chi connectivity index (χ1v) is 6.22. The van der Waals surface area contributed by atoms with Crippen LogP contribution in [0.1, 0.15) is 0 Å². The summed E-state index contributed by atoms with van der Waals surface area (Å²) >= 11 is 0. The molecular formula is C15H12O6. The van der Waals surface area contributed by atoms with Crippen molar-refractivity contribution in [1.82, 2.24) is 0 Å². The number of rotatable bonds is 3. The Morgan fingerprint density at radius 3 is 3.00 bits per heavy atom. The smallest absolute Gasteiger partial charge is 0.336 e. The summed E-state index contributed by atoms with van der Waals surface area (Å²) in [7, 11) is 1.47. The number of hydrogen-bond donors (Lipinski definition) is 0. The summed E-state index contributed by atoms with van der Waals surface area (Å²) in [6.45, 7) is 3.77. The molecule has 0 bridgehead atoms. The Balaban J connectivity index is 2.18. The van der Waals surface area contributed by atoms with Gasteiger partial charge in [0.2, 0.25) is 5.75 Å². The molecule has 0 N–H and O–H groups in total. The van der Waals surface area contributed by atoms with Gasteiger partial charge in [-0.15, -0.1) is 0 Å². The van der Waals surface area contributed by atoms with Crippen molar-refractivity contribution < 1.29 is 23.4 Å². The number of ether oxygens (including phenoxy) is 3. The van der Waals surface area contributed by atoms with E-state index in [2.05, 4.69) is 6.58 Å². The fourth-order valence-electron chi connectivity index (χ4n) is 2.17. The molecule has 108 valence electrons. The van der Waals surface area contributed by atoms with E-state index in [0.717, 1.165) is 0 Å². The number of fused-ring (bicyclic) bond motifs is 2. The third kappa shape index (κ3) is 2.14. The predicted octanol–water partition coefficient (Wildman–Crippen LogP) is 1.70. The van der Waals surface area contributed by atoms with Gasteiger partial charge in [0, 0.05) is 17.7 Å². The molecule has 1 aromatic carbocycles. The molecule has 1 aliphatic heterocycles. The minimum absolute atomic E-state index is 0.149. The van der Waals surface area contributed by atoms with E-state index in [-0.39, 0.29) is 12.2 Å². The average molecular weight is 288 g/mol. The van der Waals surface area contributed by atoms with Gasteiger partial charge in [-0.1, -0.05) is 6.58 Å². The van der Waals surface area contributed by atoms with Gasteiger partial charge in [-0.2, -0.15) is 0 Å². The van der Waals surface area contributed by atoms with Crippen LogP contribution in [0.3, 0.4) is 0 Å². The number of carbonyl (C=O) groups is 1. The van der Waals surface area contributed by atoms with Crippen molar-refractivity contribution in [2.24, 2.45) is 0 Å². The van der Waals surface area contributed by atoms with Gasteiger partial charge in [0.25, 0.3) is 0 Å². The van der Waals surface area contributed by atoms with Crippen molar-refractivity contribution in [2.45, 2.75) is 6.10 Å². The highest BCUT2D eigenvalue weighted by Gasteiger charge is 2.28. The summed E-state index contributed by atoms with van der Waals surface area (Å²) in [6.07, 6.45) is 0.0584. The van der Waals surface area contributed by atoms with Crippen molar-refractivity contribution in [1.29, 1.82) is 0 Å². The Morgan fingerprint density at radius 2 is 2.29 bits per heavy atom. The second kappa shape index (κ2) is 4.97. The van der Waals surface area contributed by atoms with E-state index in [1.165, 1.54) is 13.2 Å². The Labute approximate surface area is 119 Å². The number of aldehydes is 1. The molecule has 1 aliphatic rings. The first-order valence-electron chi connectivity index (χ1n) is 6.22. The van der Waals surface area contributed by atoms with Crippen molar-refractivity contribution >= 4 is 17.3 Å². The normalized spacial score (nSPS) is 16.5. The van der Waals surface area contributed by atoms with Crippen LogP contribution >= 0.6 is 0 Å². The van der Waals surface area contributed by atoms with E-state index in [9.17, 15) is 9.59 Å². The van der Waals surface area contributed by atoms with Gasteiger partial charge < -0.3 is 18.6 Å². The lowest BCUT2D eigenvalue weighted by Gasteiger charge is -2.27. The largest absolute Gasteiger partial charge is 0.492 e. The fraction of sp³-hybridized carbons (Fsp3) is 0.200. The minimum Gasteiger partial charge on any atom is -0.492 e. The van der Waals surface area contributed by atoms with Gasteiger partial charge in [-0.05, 0) is 6.07 Å².